The highest BCUT2D eigenvalue weighted by Crippen LogP contribution is 2.27. The molecule has 0 aliphatic carbocycles. The smallest absolute Gasteiger partial charge is 0.241 e. The first-order valence-electron chi connectivity index (χ1n) is 8.22. The Morgan fingerprint density at radius 1 is 1.04 bits per heavy atom. The van der Waals surface area contributed by atoms with Gasteiger partial charge in [-0.25, -0.2) is 0 Å². The second-order valence-electron chi connectivity index (χ2n) is 6.11. The number of halogens is 1. The number of nitrogens with zero attached hydrogens (tertiary/aromatic N) is 3. The molecule has 24 heavy (non-hydrogen) atoms. The molecule has 2 heterocycles. The van der Waals surface area contributed by atoms with Crippen molar-refractivity contribution in [3.05, 3.63) is 29.8 Å². The molecule has 6 nitrogen and oxygen atoms in total. The molecule has 0 radical (unpaired) electrons. The standard InChI is InChI=1S/C17H24N4O2.ClH/c1-18-12-16(22)20-10-8-19(9-11-20)13-17(23)21-7-6-14-4-2-3-5-15(14)21;/h2-5,18H,6-13H2,1H3;1H. The van der Waals surface area contributed by atoms with E-state index in [1.54, 1.807) is 7.05 Å². The largest absolute Gasteiger partial charge is 0.339 e. The van der Waals surface area contributed by atoms with E-state index >= 15 is 0 Å². The number of carbonyl (C=O) groups is 2. The minimum Gasteiger partial charge on any atom is -0.339 e. The second kappa shape index (κ2) is 8.46. The van der Waals surface area contributed by atoms with Crippen LogP contribution in [-0.4, -0.2) is 74.5 Å². The Labute approximate surface area is 149 Å². The highest BCUT2D eigenvalue weighted by atomic mass is 35.5. The summed E-state index contributed by atoms with van der Waals surface area (Å²) in [5, 5.41) is 2.89. The van der Waals surface area contributed by atoms with Gasteiger partial charge in [-0.3, -0.25) is 14.5 Å². The lowest BCUT2D eigenvalue weighted by Crippen LogP contribution is -2.52. The van der Waals surface area contributed by atoms with Gasteiger partial charge in [-0.15, -0.1) is 12.4 Å². The molecular weight excluding hydrogens is 328 g/mol. The van der Waals surface area contributed by atoms with Gasteiger partial charge in [0, 0.05) is 38.4 Å². The van der Waals surface area contributed by atoms with Crippen LogP contribution in [0.5, 0.6) is 0 Å². The Morgan fingerprint density at radius 2 is 1.75 bits per heavy atom. The zero-order chi connectivity index (χ0) is 16.2. The number of nitrogens with one attached hydrogen (secondary N) is 1. The van der Waals surface area contributed by atoms with E-state index in [-0.39, 0.29) is 24.2 Å². The molecule has 0 aromatic heterocycles. The van der Waals surface area contributed by atoms with Gasteiger partial charge in [-0.2, -0.15) is 0 Å². The summed E-state index contributed by atoms with van der Waals surface area (Å²) in [6.07, 6.45) is 0.939. The van der Waals surface area contributed by atoms with E-state index in [9.17, 15) is 9.59 Å². The van der Waals surface area contributed by atoms with Crippen LogP contribution in [0.2, 0.25) is 0 Å². The van der Waals surface area contributed by atoms with Crippen LogP contribution in [0, 0.1) is 0 Å². The molecule has 1 saturated heterocycles. The number of carbonyl (C=O) groups excluding carboxylic acids is 2. The van der Waals surface area contributed by atoms with E-state index in [0.29, 0.717) is 26.2 Å². The monoisotopic (exact) mass is 352 g/mol. The fourth-order valence-corrected chi connectivity index (χ4v) is 3.29. The lowest BCUT2D eigenvalue weighted by molar-refractivity contribution is -0.132. The summed E-state index contributed by atoms with van der Waals surface area (Å²) in [7, 11) is 1.78. The number of likely N-dealkylation sites (N-methyl/N-ethyl adjacent to an activating group) is 1. The van der Waals surface area contributed by atoms with Crippen LogP contribution in [0.4, 0.5) is 5.69 Å². The number of anilines is 1. The Kier molecular flexibility index (Phi) is 6.60. The van der Waals surface area contributed by atoms with Crippen molar-refractivity contribution in [3.63, 3.8) is 0 Å². The maximum Gasteiger partial charge on any atom is 0.241 e. The van der Waals surface area contributed by atoms with Gasteiger partial charge in [0.05, 0.1) is 13.1 Å². The third-order valence-corrected chi connectivity index (χ3v) is 4.60. The maximum absolute atomic E-state index is 12.6. The zero-order valence-corrected chi connectivity index (χ0v) is 14.8. The molecule has 0 unspecified atom stereocenters. The number of rotatable bonds is 4. The molecule has 0 saturated carbocycles. The average molecular weight is 353 g/mol. The van der Waals surface area contributed by atoms with Gasteiger partial charge in [0.2, 0.25) is 11.8 Å². The van der Waals surface area contributed by atoms with Gasteiger partial charge in [0.25, 0.3) is 0 Å². The van der Waals surface area contributed by atoms with Crippen LogP contribution in [0.25, 0.3) is 0 Å². The van der Waals surface area contributed by atoms with E-state index < -0.39 is 0 Å². The molecule has 1 aromatic carbocycles. The fraction of sp³-hybridized carbons (Fsp3) is 0.529. The van der Waals surface area contributed by atoms with Crippen molar-refractivity contribution in [2.45, 2.75) is 6.42 Å². The minimum absolute atomic E-state index is 0. The molecule has 0 bridgehead atoms. The highest BCUT2D eigenvalue weighted by molar-refractivity contribution is 5.96. The zero-order valence-electron chi connectivity index (χ0n) is 14.0. The summed E-state index contributed by atoms with van der Waals surface area (Å²) in [6.45, 7) is 4.51. The predicted molar refractivity (Wildman–Crippen MR) is 96.7 cm³/mol. The van der Waals surface area contributed by atoms with Gasteiger partial charge in [0.1, 0.15) is 0 Å². The normalized spacial score (nSPS) is 17.4. The van der Waals surface area contributed by atoms with Crippen molar-refractivity contribution < 1.29 is 9.59 Å². The second-order valence-corrected chi connectivity index (χ2v) is 6.11. The molecule has 0 spiro atoms. The van der Waals surface area contributed by atoms with Crippen LogP contribution in [-0.2, 0) is 16.0 Å². The molecule has 3 rings (SSSR count). The topological polar surface area (TPSA) is 55.9 Å². The van der Waals surface area contributed by atoms with Crippen molar-refractivity contribution >= 4 is 29.9 Å². The summed E-state index contributed by atoms with van der Waals surface area (Å²) in [4.78, 5) is 30.3. The van der Waals surface area contributed by atoms with Crippen LogP contribution < -0.4 is 10.2 Å². The lowest BCUT2D eigenvalue weighted by atomic mass is 10.2. The lowest BCUT2D eigenvalue weighted by Gasteiger charge is -2.35. The van der Waals surface area contributed by atoms with Gasteiger partial charge < -0.3 is 15.1 Å². The van der Waals surface area contributed by atoms with E-state index in [2.05, 4.69) is 16.3 Å². The molecule has 2 amide bonds. The van der Waals surface area contributed by atoms with E-state index in [1.165, 1.54) is 5.56 Å². The summed E-state index contributed by atoms with van der Waals surface area (Å²) in [6, 6.07) is 8.12. The Balaban J connectivity index is 0.00000208. The Morgan fingerprint density at radius 3 is 2.46 bits per heavy atom. The van der Waals surface area contributed by atoms with Gasteiger partial charge >= 0.3 is 0 Å². The Bertz CT molecular complexity index is 588. The summed E-state index contributed by atoms with van der Waals surface area (Å²) in [5.74, 6) is 0.289. The van der Waals surface area contributed by atoms with Crippen molar-refractivity contribution in [2.24, 2.45) is 0 Å². The van der Waals surface area contributed by atoms with Crippen molar-refractivity contribution in [3.8, 4) is 0 Å². The number of hydrogen-bond acceptors (Lipinski definition) is 4. The van der Waals surface area contributed by atoms with Crippen molar-refractivity contribution in [1.82, 2.24) is 15.1 Å². The first kappa shape index (κ1) is 18.7. The molecular formula is C17H25ClN4O2. The van der Waals surface area contributed by atoms with E-state index in [1.807, 2.05) is 28.0 Å². The van der Waals surface area contributed by atoms with Gasteiger partial charge in [-0.05, 0) is 25.1 Å². The third kappa shape index (κ3) is 4.06. The predicted octanol–water partition coefficient (Wildman–Crippen LogP) is 0.361. The summed E-state index contributed by atoms with van der Waals surface area (Å²) >= 11 is 0. The van der Waals surface area contributed by atoms with Gasteiger partial charge in [-0.1, -0.05) is 18.2 Å². The van der Waals surface area contributed by atoms with Crippen LogP contribution >= 0.6 is 12.4 Å². The van der Waals surface area contributed by atoms with Gasteiger partial charge in [0.15, 0.2) is 0 Å². The number of piperazine rings is 1. The van der Waals surface area contributed by atoms with Crippen LogP contribution in [0.3, 0.4) is 0 Å². The van der Waals surface area contributed by atoms with Crippen molar-refractivity contribution in [2.75, 3.05) is 57.8 Å². The van der Waals surface area contributed by atoms with Crippen LogP contribution in [0.15, 0.2) is 24.3 Å². The molecule has 1 fully saturated rings. The number of amides is 2. The first-order chi connectivity index (χ1) is 11.2. The SMILES string of the molecule is CNCC(=O)N1CCN(CC(=O)N2CCc3ccccc32)CC1.Cl. The minimum atomic E-state index is 0. The van der Waals surface area contributed by atoms with Crippen molar-refractivity contribution in [1.29, 1.82) is 0 Å². The highest BCUT2D eigenvalue weighted by Gasteiger charge is 2.27. The Hall–Kier alpha value is -1.63. The van der Waals surface area contributed by atoms with E-state index in [0.717, 1.165) is 31.7 Å². The number of para-hydroxylation sites is 1. The fourth-order valence-electron chi connectivity index (χ4n) is 3.29. The number of fused-ring (bicyclic) bond motifs is 1. The summed E-state index contributed by atoms with van der Waals surface area (Å²) < 4.78 is 0. The molecule has 1 N–H and O–H groups in total. The van der Waals surface area contributed by atoms with E-state index in [4.69, 9.17) is 0 Å². The third-order valence-electron chi connectivity index (χ3n) is 4.60. The molecule has 7 heteroatoms. The molecule has 2 aliphatic rings. The number of benzene rings is 1. The maximum atomic E-state index is 12.6. The number of hydrogen-bond donors (Lipinski definition) is 1. The van der Waals surface area contributed by atoms with Crippen LogP contribution in [0.1, 0.15) is 5.56 Å². The molecule has 132 valence electrons. The quantitative estimate of drug-likeness (QED) is 0.850. The molecule has 2 aliphatic heterocycles. The molecule has 1 aromatic rings. The average Bonchev–Trinajstić information content (AvgIpc) is 3.00. The first-order valence-corrected chi connectivity index (χ1v) is 8.22. The summed E-state index contributed by atoms with van der Waals surface area (Å²) in [5.41, 5.74) is 2.31. The molecule has 0 atom stereocenters.